The standard InChI is InChI=1S/C23H22ClN5O3S/c24-19-9-13(5-8-16(19)17-3-1-2-4-20(17)33(26,31)32)18-11-29(14-6-7-15(30)10-14)23-21(18)22(25)27-12-28-23/h1-5,8-9,11-12,14-15,30H,6-7,10H2,(H2,25,27,28)(H2,26,31,32). The van der Waals surface area contributed by atoms with Crippen molar-refractivity contribution in [1.29, 1.82) is 0 Å². The number of hydrogen-bond acceptors (Lipinski definition) is 6. The zero-order chi connectivity index (χ0) is 23.3. The molecule has 1 aliphatic rings. The van der Waals surface area contributed by atoms with Gasteiger partial charge in [0.05, 0.1) is 16.4 Å². The van der Waals surface area contributed by atoms with Gasteiger partial charge in [0, 0.05) is 34.0 Å². The Morgan fingerprint density at radius 1 is 1.06 bits per heavy atom. The molecule has 2 unspecified atom stereocenters. The van der Waals surface area contributed by atoms with Crippen molar-refractivity contribution < 1.29 is 13.5 Å². The summed E-state index contributed by atoms with van der Waals surface area (Å²) in [6, 6.07) is 12.0. The van der Waals surface area contributed by atoms with Crippen LogP contribution >= 0.6 is 11.6 Å². The molecule has 10 heteroatoms. The van der Waals surface area contributed by atoms with Crippen LogP contribution in [0.1, 0.15) is 25.3 Å². The van der Waals surface area contributed by atoms with Gasteiger partial charge in [-0.2, -0.15) is 0 Å². The smallest absolute Gasteiger partial charge is 0.238 e. The van der Waals surface area contributed by atoms with Gasteiger partial charge in [0.1, 0.15) is 17.8 Å². The lowest BCUT2D eigenvalue weighted by atomic mass is 10.00. The van der Waals surface area contributed by atoms with Gasteiger partial charge in [-0.15, -0.1) is 0 Å². The van der Waals surface area contributed by atoms with Crippen LogP contribution in [0.15, 0.2) is 59.9 Å². The Balaban J connectivity index is 1.65. The van der Waals surface area contributed by atoms with Gasteiger partial charge in [0.15, 0.2) is 0 Å². The summed E-state index contributed by atoms with van der Waals surface area (Å²) in [6.07, 6.45) is 5.31. The molecule has 8 nitrogen and oxygen atoms in total. The lowest BCUT2D eigenvalue weighted by Gasteiger charge is -2.12. The summed E-state index contributed by atoms with van der Waals surface area (Å²) < 4.78 is 26.2. The minimum absolute atomic E-state index is 0.00804. The number of halogens is 1. The predicted molar refractivity (Wildman–Crippen MR) is 128 cm³/mol. The first-order valence-corrected chi connectivity index (χ1v) is 12.4. The molecule has 0 radical (unpaired) electrons. The molecule has 1 fully saturated rings. The fourth-order valence-electron chi connectivity index (χ4n) is 4.63. The van der Waals surface area contributed by atoms with Crippen molar-refractivity contribution in [3.8, 4) is 22.3 Å². The van der Waals surface area contributed by atoms with Gasteiger partial charge < -0.3 is 15.4 Å². The van der Waals surface area contributed by atoms with Crippen LogP contribution in [0, 0.1) is 0 Å². The van der Waals surface area contributed by atoms with E-state index < -0.39 is 10.0 Å². The molecule has 0 aliphatic heterocycles. The maximum absolute atomic E-state index is 12.0. The van der Waals surface area contributed by atoms with Crippen molar-refractivity contribution in [1.82, 2.24) is 14.5 Å². The largest absolute Gasteiger partial charge is 0.393 e. The molecule has 2 aromatic heterocycles. The van der Waals surface area contributed by atoms with Crippen molar-refractivity contribution >= 4 is 38.5 Å². The number of aliphatic hydroxyl groups is 1. The van der Waals surface area contributed by atoms with Crippen molar-refractivity contribution in [3.05, 3.63) is 60.0 Å². The van der Waals surface area contributed by atoms with E-state index >= 15 is 0 Å². The Morgan fingerprint density at radius 2 is 1.85 bits per heavy atom. The van der Waals surface area contributed by atoms with E-state index in [4.69, 9.17) is 22.5 Å². The minimum Gasteiger partial charge on any atom is -0.393 e. The Hall–Kier alpha value is -2.98. The van der Waals surface area contributed by atoms with Gasteiger partial charge in [-0.25, -0.2) is 23.5 Å². The molecule has 2 heterocycles. The van der Waals surface area contributed by atoms with Gasteiger partial charge in [-0.3, -0.25) is 0 Å². The summed E-state index contributed by atoms with van der Waals surface area (Å²) in [5.74, 6) is 0.354. The van der Waals surface area contributed by atoms with Crippen LogP contribution in [0.25, 0.3) is 33.3 Å². The van der Waals surface area contributed by atoms with E-state index in [0.717, 1.165) is 24.0 Å². The quantitative estimate of drug-likeness (QED) is 0.404. The molecule has 170 valence electrons. The van der Waals surface area contributed by atoms with Crippen LogP contribution in [-0.2, 0) is 10.0 Å². The van der Waals surface area contributed by atoms with E-state index in [9.17, 15) is 13.5 Å². The number of aliphatic hydroxyl groups excluding tert-OH is 1. The van der Waals surface area contributed by atoms with Gasteiger partial charge in [-0.1, -0.05) is 41.9 Å². The van der Waals surface area contributed by atoms with Crippen molar-refractivity contribution in [3.63, 3.8) is 0 Å². The van der Waals surface area contributed by atoms with E-state index in [0.29, 0.717) is 39.4 Å². The fourth-order valence-corrected chi connectivity index (χ4v) is 5.67. The molecule has 1 saturated carbocycles. The van der Waals surface area contributed by atoms with Crippen molar-refractivity contribution in [2.45, 2.75) is 36.3 Å². The molecule has 0 saturated heterocycles. The van der Waals surface area contributed by atoms with E-state index in [1.54, 1.807) is 30.3 Å². The zero-order valence-electron chi connectivity index (χ0n) is 17.5. The third-order valence-corrected chi connectivity index (χ3v) is 7.45. The molecule has 1 aliphatic carbocycles. The van der Waals surface area contributed by atoms with Crippen LogP contribution in [0.2, 0.25) is 5.02 Å². The Labute approximate surface area is 195 Å². The number of benzene rings is 2. The van der Waals surface area contributed by atoms with E-state index in [-0.39, 0.29) is 17.0 Å². The van der Waals surface area contributed by atoms with Gasteiger partial charge in [0.2, 0.25) is 10.0 Å². The average molecular weight is 484 g/mol. The van der Waals surface area contributed by atoms with Crippen LogP contribution < -0.4 is 10.9 Å². The monoisotopic (exact) mass is 483 g/mol. The highest BCUT2D eigenvalue weighted by Crippen LogP contribution is 2.41. The summed E-state index contributed by atoms with van der Waals surface area (Å²) >= 11 is 6.64. The van der Waals surface area contributed by atoms with Crippen molar-refractivity contribution in [2.75, 3.05) is 5.73 Å². The number of nitrogen functional groups attached to an aromatic ring is 1. The fraction of sp³-hybridized carbons (Fsp3) is 0.217. The van der Waals surface area contributed by atoms with Gasteiger partial charge in [-0.05, 0) is 37.0 Å². The summed E-state index contributed by atoms with van der Waals surface area (Å²) in [6.45, 7) is 0. The first kappa shape index (κ1) is 21.8. The number of primary sulfonamides is 1. The maximum atomic E-state index is 12.0. The molecule has 0 bridgehead atoms. The van der Waals surface area contributed by atoms with Gasteiger partial charge in [0.25, 0.3) is 0 Å². The van der Waals surface area contributed by atoms with Gasteiger partial charge >= 0.3 is 0 Å². The highest BCUT2D eigenvalue weighted by Gasteiger charge is 2.27. The lowest BCUT2D eigenvalue weighted by Crippen LogP contribution is -2.13. The average Bonchev–Trinajstić information content (AvgIpc) is 3.37. The summed E-state index contributed by atoms with van der Waals surface area (Å²) in [4.78, 5) is 8.63. The number of anilines is 1. The maximum Gasteiger partial charge on any atom is 0.238 e. The van der Waals surface area contributed by atoms with E-state index in [2.05, 4.69) is 14.5 Å². The number of fused-ring (bicyclic) bond motifs is 1. The van der Waals surface area contributed by atoms with Crippen LogP contribution in [0.5, 0.6) is 0 Å². The Kier molecular flexibility index (Phi) is 5.37. The molecule has 33 heavy (non-hydrogen) atoms. The van der Waals surface area contributed by atoms with E-state index in [1.165, 1.54) is 12.4 Å². The lowest BCUT2D eigenvalue weighted by molar-refractivity contribution is 0.178. The number of nitrogens with zero attached hydrogens (tertiary/aromatic N) is 3. The minimum atomic E-state index is -3.92. The summed E-state index contributed by atoms with van der Waals surface area (Å²) in [7, 11) is -3.92. The van der Waals surface area contributed by atoms with E-state index in [1.807, 2.05) is 12.3 Å². The third-order valence-electron chi connectivity index (χ3n) is 6.17. The first-order chi connectivity index (χ1) is 15.7. The number of aromatic nitrogens is 3. The second-order valence-electron chi connectivity index (χ2n) is 8.26. The number of sulfonamides is 1. The molecule has 4 aromatic rings. The Bertz CT molecular complexity index is 1480. The molecule has 2 atom stereocenters. The molecule has 2 aromatic carbocycles. The highest BCUT2D eigenvalue weighted by molar-refractivity contribution is 7.89. The topological polar surface area (TPSA) is 137 Å². The summed E-state index contributed by atoms with van der Waals surface area (Å²) in [5, 5.41) is 16.5. The molecule has 0 spiro atoms. The SMILES string of the molecule is Nc1ncnc2c1c(-c1ccc(-c3ccccc3S(N)(=O)=O)c(Cl)c1)cn2C1CCC(O)C1. The number of hydrogen-bond donors (Lipinski definition) is 3. The molecule has 5 rings (SSSR count). The predicted octanol–water partition coefficient (Wildman–Crippen LogP) is 3.73. The summed E-state index contributed by atoms with van der Waals surface area (Å²) in [5.41, 5.74) is 9.53. The highest BCUT2D eigenvalue weighted by atomic mass is 35.5. The van der Waals surface area contributed by atoms with Crippen LogP contribution in [-0.4, -0.2) is 34.2 Å². The molecule has 0 amide bonds. The van der Waals surface area contributed by atoms with Crippen molar-refractivity contribution in [2.24, 2.45) is 5.14 Å². The number of nitrogens with two attached hydrogens (primary N) is 2. The van der Waals surface area contributed by atoms with Crippen LogP contribution in [0.4, 0.5) is 5.82 Å². The molecular formula is C23H22ClN5O3S. The molecule has 5 N–H and O–H groups in total. The second-order valence-corrected chi connectivity index (χ2v) is 10.2. The Morgan fingerprint density at radius 3 is 2.55 bits per heavy atom. The zero-order valence-corrected chi connectivity index (χ0v) is 19.1. The molecular weight excluding hydrogens is 462 g/mol. The van der Waals surface area contributed by atoms with Crippen LogP contribution in [0.3, 0.4) is 0 Å². The number of rotatable bonds is 4. The first-order valence-electron chi connectivity index (χ1n) is 10.4. The second kappa shape index (κ2) is 8.11. The normalized spacial score (nSPS) is 18.8. The third kappa shape index (κ3) is 3.87.